The zero-order chi connectivity index (χ0) is 29.0. The van der Waals surface area contributed by atoms with Crippen molar-refractivity contribution in [1.82, 2.24) is 19.4 Å². The summed E-state index contributed by atoms with van der Waals surface area (Å²) >= 11 is 0. The highest BCUT2D eigenvalue weighted by atomic mass is 19.1. The van der Waals surface area contributed by atoms with Crippen molar-refractivity contribution in [2.45, 2.75) is 39.3 Å². The number of hydrogen-bond donors (Lipinski definition) is 1. The molecule has 41 heavy (non-hydrogen) atoms. The van der Waals surface area contributed by atoms with Crippen LogP contribution in [0.2, 0.25) is 0 Å². The van der Waals surface area contributed by atoms with Crippen LogP contribution in [0.3, 0.4) is 0 Å². The molecule has 4 aromatic rings. The summed E-state index contributed by atoms with van der Waals surface area (Å²) in [4.78, 5) is 39.0. The first kappa shape index (κ1) is 26.5. The lowest BCUT2D eigenvalue weighted by molar-refractivity contribution is -0.126. The van der Waals surface area contributed by atoms with E-state index in [-0.39, 0.29) is 35.8 Å². The second-order valence-corrected chi connectivity index (χ2v) is 10.8. The van der Waals surface area contributed by atoms with Crippen LogP contribution in [0.1, 0.15) is 37.9 Å². The highest BCUT2D eigenvalue weighted by molar-refractivity contribution is 6.02. The molecule has 2 aliphatic heterocycles. The molecule has 0 aliphatic carbocycles. The Bertz CT molecular complexity index is 1780. The molecule has 0 bridgehead atoms. The van der Waals surface area contributed by atoms with E-state index in [1.165, 1.54) is 16.7 Å². The van der Waals surface area contributed by atoms with Crippen molar-refractivity contribution < 1.29 is 13.9 Å². The first-order valence-electron chi connectivity index (χ1n) is 13.6. The number of pyridine rings is 1. The number of amides is 1. The fourth-order valence-corrected chi connectivity index (χ4v) is 5.96. The summed E-state index contributed by atoms with van der Waals surface area (Å²) in [7, 11) is 0. The summed E-state index contributed by atoms with van der Waals surface area (Å²) in [5, 5.41) is 0.424. The van der Waals surface area contributed by atoms with Gasteiger partial charge in [0.25, 0.3) is 0 Å². The molecule has 2 N–H and O–H groups in total. The van der Waals surface area contributed by atoms with Gasteiger partial charge in [0, 0.05) is 48.5 Å². The maximum absolute atomic E-state index is 16.2. The van der Waals surface area contributed by atoms with Crippen LogP contribution in [0.15, 0.2) is 60.0 Å². The maximum atomic E-state index is 16.2. The number of anilines is 2. The van der Waals surface area contributed by atoms with Crippen molar-refractivity contribution in [1.29, 1.82) is 0 Å². The van der Waals surface area contributed by atoms with Gasteiger partial charge in [-0.2, -0.15) is 4.98 Å². The maximum Gasteiger partial charge on any atom is 0.354 e. The molecule has 6 rings (SSSR count). The summed E-state index contributed by atoms with van der Waals surface area (Å²) in [6, 6.07) is 10.2. The number of piperazine rings is 1. The van der Waals surface area contributed by atoms with Gasteiger partial charge in [0.15, 0.2) is 5.75 Å². The normalized spacial score (nSPS) is 16.4. The van der Waals surface area contributed by atoms with E-state index in [9.17, 15) is 9.59 Å². The molecule has 2 aromatic carbocycles. The largest absolute Gasteiger partial charge is 0.486 e. The van der Waals surface area contributed by atoms with Crippen LogP contribution in [0, 0.1) is 5.82 Å². The average molecular weight is 555 g/mol. The molecule has 1 saturated heterocycles. The number of nitrogens with two attached hydrogens (primary N) is 1. The number of carbonyl (C=O) groups is 1. The summed E-state index contributed by atoms with van der Waals surface area (Å²) in [5.41, 5.74) is 9.44. The van der Waals surface area contributed by atoms with E-state index in [0.717, 1.165) is 5.56 Å². The number of fused-ring (bicyclic) bond motifs is 5. The second kappa shape index (κ2) is 10.0. The van der Waals surface area contributed by atoms with Crippen molar-refractivity contribution in [2.75, 3.05) is 30.3 Å². The van der Waals surface area contributed by atoms with E-state index < -0.39 is 11.5 Å². The molecule has 1 fully saturated rings. The zero-order valence-electron chi connectivity index (χ0n) is 23.2. The number of ether oxygens (including phenoxy) is 1. The van der Waals surface area contributed by atoms with E-state index in [1.807, 2.05) is 43.9 Å². The number of benzene rings is 2. The molecular weight excluding hydrogens is 523 g/mol. The molecule has 210 valence electrons. The Balaban J connectivity index is 1.68. The smallest absolute Gasteiger partial charge is 0.354 e. The van der Waals surface area contributed by atoms with Gasteiger partial charge in [0.2, 0.25) is 5.91 Å². The summed E-state index contributed by atoms with van der Waals surface area (Å²) in [5.74, 6) is -0.114. The average Bonchev–Trinajstić information content (AvgIpc) is 2.96. The summed E-state index contributed by atoms with van der Waals surface area (Å²) in [6.45, 7) is 10.9. The van der Waals surface area contributed by atoms with E-state index in [0.29, 0.717) is 59.0 Å². The zero-order valence-corrected chi connectivity index (χ0v) is 23.2. The van der Waals surface area contributed by atoms with Crippen molar-refractivity contribution >= 4 is 28.3 Å². The lowest BCUT2D eigenvalue weighted by Gasteiger charge is -2.40. The van der Waals surface area contributed by atoms with E-state index >= 15 is 4.39 Å². The molecule has 0 saturated carbocycles. The van der Waals surface area contributed by atoms with Gasteiger partial charge in [0.1, 0.15) is 23.8 Å². The molecule has 1 amide bonds. The van der Waals surface area contributed by atoms with E-state index in [2.05, 4.69) is 16.5 Å². The molecule has 10 heteroatoms. The standard InChI is InChI=1S/C31H31FN6O3/c1-5-24(39)36-12-13-37(18(4)15-36)30-20-14-21(32)26-25-19(8-6-9-22(25)33)16-41-29(26)28(20)38(31(40)35-30)23-10-7-11-34-27(23)17(2)3/h5-11,14,17-18H,1,12-13,15-16,33H2,2-4H3/t18-/m0/s1. The van der Waals surface area contributed by atoms with Crippen LogP contribution in [-0.2, 0) is 11.4 Å². The number of nitrogens with zero attached hydrogens (tertiary/aromatic N) is 5. The molecule has 1 atom stereocenters. The Morgan fingerprint density at radius 1 is 1.22 bits per heavy atom. The van der Waals surface area contributed by atoms with Gasteiger partial charge in [-0.1, -0.05) is 32.6 Å². The van der Waals surface area contributed by atoms with Crippen molar-refractivity contribution in [3.05, 3.63) is 82.8 Å². The Hall–Kier alpha value is -4.73. The van der Waals surface area contributed by atoms with Crippen LogP contribution >= 0.6 is 0 Å². The number of rotatable bonds is 4. The molecule has 4 heterocycles. The number of carbonyl (C=O) groups excluding carboxylic acids is 1. The summed E-state index contributed by atoms with van der Waals surface area (Å²) < 4.78 is 24.0. The van der Waals surface area contributed by atoms with E-state index in [1.54, 1.807) is 23.2 Å². The minimum atomic E-state index is -0.538. The van der Waals surface area contributed by atoms with Gasteiger partial charge in [-0.05, 0) is 48.7 Å². The van der Waals surface area contributed by atoms with Crippen molar-refractivity contribution in [2.24, 2.45) is 0 Å². The molecule has 2 aliphatic rings. The monoisotopic (exact) mass is 554 g/mol. The number of nitrogen functional groups attached to an aromatic ring is 1. The Labute approximate surface area is 236 Å². The molecule has 9 nitrogen and oxygen atoms in total. The fourth-order valence-electron chi connectivity index (χ4n) is 5.96. The van der Waals surface area contributed by atoms with Gasteiger partial charge >= 0.3 is 5.69 Å². The lowest BCUT2D eigenvalue weighted by Crippen LogP contribution is -2.54. The van der Waals surface area contributed by atoms with Gasteiger partial charge in [-0.3, -0.25) is 14.3 Å². The first-order chi connectivity index (χ1) is 19.7. The summed E-state index contributed by atoms with van der Waals surface area (Å²) in [6.07, 6.45) is 2.97. The van der Waals surface area contributed by atoms with Crippen LogP contribution in [-0.4, -0.2) is 51.0 Å². The molecular formula is C31H31FN6O3. The minimum absolute atomic E-state index is 0.00288. The van der Waals surface area contributed by atoms with Gasteiger partial charge < -0.3 is 20.3 Å². The second-order valence-electron chi connectivity index (χ2n) is 10.8. The predicted molar refractivity (Wildman–Crippen MR) is 157 cm³/mol. The van der Waals surface area contributed by atoms with Crippen LogP contribution in [0.25, 0.3) is 27.7 Å². The van der Waals surface area contributed by atoms with Gasteiger partial charge in [0.05, 0.1) is 16.9 Å². The number of halogens is 1. The third-order valence-electron chi connectivity index (χ3n) is 7.86. The quantitative estimate of drug-likeness (QED) is 0.294. The molecule has 0 unspecified atom stereocenters. The highest BCUT2D eigenvalue weighted by Crippen LogP contribution is 2.48. The Morgan fingerprint density at radius 2 is 2.02 bits per heavy atom. The third-order valence-corrected chi connectivity index (χ3v) is 7.86. The molecule has 0 spiro atoms. The van der Waals surface area contributed by atoms with Crippen LogP contribution in [0.5, 0.6) is 5.75 Å². The Morgan fingerprint density at radius 3 is 2.76 bits per heavy atom. The molecule has 2 aromatic heterocycles. The van der Waals surface area contributed by atoms with Crippen LogP contribution < -0.4 is 21.1 Å². The van der Waals surface area contributed by atoms with Crippen molar-refractivity contribution in [3.63, 3.8) is 0 Å². The van der Waals surface area contributed by atoms with Gasteiger partial charge in [-0.15, -0.1) is 0 Å². The minimum Gasteiger partial charge on any atom is -0.486 e. The topological polar surface area (TPSA) is 107 Å². The predicted octanol–water partition coefficient (Wildman–Crippen LogP) is 4.41. The van der Waals surface area contributed by atoms with Crippen LogP contribution in [0.4, 0.5) is 15.9 Å². The number of hydrogen-bond acceptors (Lipinski definition) is 7. The lowest BCUT2D eigenvalue weighted by atomic mass is 9.93. The highest BCUT2D eigenvalue weighted by Gasteiger charge is 2.33. The fraction of sp³-hybridized carbons (Fsp3) is 0.290. The first-order valence-corrected chi connectivity index (χ1v) is 13.6. The van der Waals surface area contributed by atoms with E-state index in [4.69, 9.17) is 10.5 Å². The Kier molecular flexibility index (Phi) is 6.48. The third kappa shape index (κ3) is 4.21. The number of aromatic nitrogens is 3. The van der Waals surface area contributed by atoms with Gasteiger partial charge in [-0.25, -0.2) is 9.18 Å². The molecule has 0 radical (unpaired) electrons. The SMILES string of the molecule is C=CC(=O)N1CCN(c2nc(=O)n(-c3cccnc3C(C)C)c3c4c(c(F)cc23)-c2c(N)cccc2CO4)[C@@H](C)C1. The van der Waals surface area contributed by atoms with Crippen molar-refractivity contribution in [3.8, 4) is 22.6 Å².